The second-order valence-corrected chi connectivity index (χ2v) is 8.89. The molecule has 0 unspecified atom stereocenters. The number of hydrogen-bond acceptors (Lipinski definition) is 4. The van der Waals surface area contributed by atoms with Gasteiger partial charge in [0.2, 0.25) is 0 Å². The Morgan fingerprint density at radius 2 is 1.85 bits per heavy atom. The number of para-hydroxylation sites is 1. The monoisotopic (exact) mass is 381 g/mol. The Labute approximate surface area is 157 Å². The number of carbonyl (C=O) groups is 1. The normalized spacial score (nSPS) is 14.7. The van der Waals surface area contributed by atoms with E-state index in [1.807, 2.05) is 50.2 Å². The van der Waals surface area contributed by atoms with Gasteiger partial charge in [0.1, 0.15) is 5.82 Å². The summed E-state index contributed by atoms with van der Waals surface area (Å²) in [6.45, 7) is 3.86. The molecule has 1 amide bonds. The molecule has 6 nitrogen and oxygen atoms in total. The first-order valence-electron chi connectivity index (χ1n) is 8.59. The number of hydrogen-bond donors (Lipinski definition) is 1. The summed E-state index contributed by atoms with van der Waals surface area (Å²) in [5.41, 5.74) is 4.35. The summed E-state index contributed by atoms with van der Waals surface area (Å²) in [6.07, 6.45) is 0. The number of anilines is 1. The lowest BCUT2D eigenvalue weighted by Crippen LogP contribution is -2.17. The van der Waals surface area contributed by atoms with Crippen molar-refractivity contribution < 1.29 is 13.2 Å². The van der Waals surface area contributed by atoms with Crippen LogP contribution < -0.4 is 5.32 Å². The molecule has 138 valence electrons. The SMILES string of the molecule is Cc1cccc(C(=O)Nc2c3c(nn2-c2ccccc2C)CS(=O)(=O)C3)c1. The molecule has 4 rings (SSSR count). The first kappa shape index (κ1) is 17.5. The van der Waals surface area contributed by atoms with Crippen molar-refractivity contribution >= 4 is 21.6 Å². The Kier molecular flexibility index (Phi) is 4.11. The average Bonchev–Trinajstić information content (AvgIpc) is 3.08. The second kappa shape index (κ2) is 6.35. The Morgan fingerprint density at radius 3 is 2.59 bits per heavy atom. The summed E-state index contributed by atoms with van der Waals surface area (Å²) in [5.74, 6) is -0.0842. The zero-order chi connectivity index (χ0) is 19.2. The maximum absolute atomic E-state index is 12.8. The lowest BCUT2D eigenvalue weighted by molar-refractivity contribution is 0.102. The number of nitrogens with zero attached hydrogens (tertiary/aromatic N) is 2. The minimum atomic E-state index is -3.23. The number of benzene rings is 2. The molecule has 0 bridgehead atoms. The number of amides is 1. The van der Waals surface area contributed by atoms with Crippen LogP contribution in [0, 0.1) is 13.8 Å². The maximum Gasteiger partial charge on any atom is 0.256 e. The molecule has 2 heterocycles. The largest absolute Gasteiger partial charge is 0.306 e. The number of aryl methyl sites for hydroxylation is 2. The van der Waals surface area contributed by atoms with E-state index < -0.39 is 9.84 Å². The molecule has 0 spiro atoms. The highest BCUT2D eigenvalue weighted by molar-refractivity contribution is 7.90. The van der Waals surface area contributed by atoms with Crippen LogP contribution in [0.25, 0.3) is 5.69 Å². The molecule has 0 saturated carbocycles. The van der Waals surface area contributed by atoms with Gasteiger partial charge in [-0.2, -0.15) is 5.10 Å². The lowest BCUT2D eigenvalue weighted by Gasteiger charge is -2.13. The van der Waals surface area contributed by atoms with E-state index in [4.69, 9.17) is 0 Å². The molecule has 7 heteroatoms. The summed E-state index contributed by atoms with van der Waals surface area (Å²) in [5, 5.41) is 7.40. The minimum absolute atomic E-state index is 0.103. The van der Waals surface area contributed by atoms with Gasteiger partial charge in [0.25, 0.3) is 5.91 Å². The molecule has 0 radical (unpaired) electrons. The van der Waals surface area contributed by atoms with Crippen LogP contribution >= 0.6 is 0 Å². The van der Waals surface area contributed by atoms with Gasteiger partial charge in [0.15, 0.2) is 9.84 Å². The average molecular weight is 381 g/mol. The van der Waals surface area contributed by atoms with Gasteiger partial charge in [-0.25, -0.2) is 13.1 Å². The van der Waals surface area contributed by atoms with Crippen LogP contribution in [0.5, 0.6) is 0 Å². The topological polar surface area (TPSA) is 81.1 Å². The van der Waals surface area contributed by atoms with Gasteiger partial charge in [-0.15, -0.1) is 0 Å². The molecule has 2 aromatic carbocycles. The smallest absolute Gasteiger partial charge is 0.256 e. The van der Waals surface area contributed by atoms with E-state index in [0.29, 0.717) is 22.6 Å². The summed E-state index contributed by atoms with van der Waals surface area (Å²) >= 11 is 0. The predicted octanol–water partition coefficient (Wildman–Crippen LogP) is 3.17. The second-order valence-electron chi connectivity index (χ2n) is 6.83. The van der Waals surface area contributed by atoms with Crippen molar-refractivity contribution in [1.82, 2.24) is 9.78 Å². The zero-order valence-electron chi connectivity index (χ0n) is 15.1. The number of sulfone groups is 1. The van der Waals surface area contributed by atoms with Gasteiger partial charge < -0.3 is 5.32 Å². The van der Waals surface area contributed by atoms with Crippen LogP contribution in [0.4, 0.5) is 5.82 Å². The van der Waals surface area contributed by atoms with E-state index in [0.717, 1.165) is 16.8 Å². The fraction of sp³-hybridized carbons (Fsp3) is 0.200. The van der Waals surface area contributed by atoms with E-state index in [9.17, 15) is 13.2 Å². The third kappa shape index (κ3) is 3.26. The van der Waals surface area contributed by atoms with Crippen LogP contribution in [-0.4, -0.2) is 24.1 Å². The summed E-state index contributed by atoms with van der Waals surface area (Å²) in [4.78, 5) is 12.8. The number of carbonyl (C=O) groups excluding carboxylic acids is 1. The van der Waals surface area contributed by atoms with Crippen molar-refractivity contribution in [3.8, 4) is 5.69 Å². The Balaban J connectivity index is 1.81. The van der Waals surface area contributed by atoms with Crippen LogP contribution in [0.15, 0.2) is 48.5 Å². The van der Waals surface area contributed by atoms with Crippen LogP contribution in [0.3, 0.4) is 0 Å². The third-order valence-corrected chi connectivity index (χ3v) is 6.09. The molecule has 1 N–H and O–H groups in total. The van der Waals surface area contributed by atoms with E-state index in [1.165, 1.54) is 0 Å². The summed E-state index contributed by atoms with van der Waals surface area (Å²) < 4.78 is 25.7. The number of rotatable bonds is 3. The standard InChI is InChI=1S/C20H19N3O3S/c1-13-6-5-8-15(10-13)20(24)21-19-16-11-27(25,26)12-17(16)22-23(19)18-9-4-3-7-14(18)2/h3-10H,11-12H2,1-2H3,(H,21,24). The first-order valence-corrected chi connectivity index (χ1v) is 10.4. The van der Waals surface area contributed by atoms with Crippen molar-refractivity contribution in [3.63, 3.8) is 0 Å². The van der Waals surface area contributed by atoms with Gasteiger partial charge in [-0.1, -0.05) is 35.9 Å². The number of aromatic nitrogens is 2. The van der Waals surface area contributed by atoms with Gasteiger partial charge in [-0.3, -0.25) is 4.79 Å². The molecular weight excluding hydrogens is 362 g/mol. The van der Waals surface area contributed by atoms with Crippen molar-refractivity contribution in [2.75, 3.05) is 5.32 Å². The first-order chi connectivity index (χ1) is 12.8. The molecule has 3 aromatic rings. The highest BCUT2D eigenvalue weighted by Crippen LogP contribution is 2.33. The molecular formula is C20H19N3O3S. The van der Waals surface area contributed by atoms with Gasteiger partial charge >= 0.3 is 0 Å². The van der Waals surface area contributed by atoms with Crippen molar-refractivity contribution in [2.24, 2.45) is 0 Å². The maximum atomic E-state index is 12.8. The summed E-state index contributed by atoms with van der Waals surface area (Å²) in [6, 6.07) is 14.9. The van der Waals surface area contributed by atoms with E-state index >= 15 is 0 Å². The lowest BCUT2D eigenvalue weighted by atomic mass is 10.1. The molecule has 0 aliphatic carbocycles. The number of fused-ring (bicyclic) bond motifs is 1. The van der Waals surface area contributed by atoms with Crippen LogP contribution in [0.2, 0.25) is 0 Å². The van der Waals surface area contributed by atoms with Crippen LogP contribution in [-0.2, 0) is 21.3 Å². The van der Waals surface area contributed by atoms with Crippen molar-refractivity contribution in [1.29, 1.82) is 0 Å². The van der Waals surface area contributed by atoms with E-state index in [1.54, 1.807) is 16.8 Å². The van der Waals surface area contributed by atoms with E-state index in [2.05, 4.69) is 10.4 Å². The third-order valence-electron chi connectivity index (χ3n) is 4.64. The van der Waals surface area contributed by atoms with Crippen LogP contribution in [0.1, 0.15) is 32.7 Å². The molecule has 1 aliphatic rings. The van der Waals surface area contributed by atoms with Gasteiger partial charge in [-0.05, 0) is 37.6 Å². The number of nitrogens with one attached hydrogen (secondary N) is 1. The van der Waals surface area contributed by atoms with Gasteiger partial charge in [0.05, 0.1) is 22.9 Å². The predicted molar refractivity (Wildman–Crippen MR) is 104 cm³/mol. The molecule has 1 aromatic heterocycles. The molecule has 0 fully saturated rings. The Bertz CT molecular complexity index is 1160. The summed E-state index contributed by atoms with van der Waals surface area (Å²) in [7, 11) is -3.23. The molecule has 27 heavy (non-hydrogen) atoms. The van der Waals surface area contributed by atoms with Crippen molar-refractivity contribution in [3.05, 3.63) is 76.5 Å². The quantitative estimate of drug-likeness (QED) is 0.756. The molecule has 0 saturated heterocycles. The highest BCUT2D eigenvalue weighted by Gasteiger charge is 2.33. The zero-order valence-corrected chi connectivity index (χ0v) is 15.9. The molecule has 0 atom stereocenters. The van der Waals surface area contributed by atoms with E-state index in [-0.39, 0.29) is 17.4 Å². The minimum Gasteiger partial charge on any atom is -0.306 e. The molecule has 1 aliphatic heterocycles. The Morgan fingerprint density at radius 1 is 1.07 bits per heavy atom. The van der Waals surface area contributed by atoms with Crippen molar-refractivity contribution in [2.45, 2.75) is 25.4 Å². The highest BCUT2D eigenvalue weighted by atomic mass is 32.2. The van der Waals surface area contributed by atoms with Gasteiger partial charge in [0, 0.05) is 11.1 Å². The fourth-order valence-electron chi connectivity index (χ4n) is 3.31. The fourth-order valence-corrected chi connectivity index (χ4v) is 4.81. The Hall–Kier alpha value is -2.93.